The molecule has 2 rings (SSSR count). The summed E-state index contributed by atoms with van der Waals surface area (Å²) in [5.41, 5.74) is 2.47. The molecule has 0 atom stereocenters. The van der Waals surface area contributed by atoms with Gasteiger partial charge in [0.25, 0.3) is 5.91 Å². The van der Waals surface area contributed by atoms with Crippen molar-refractivity contribution in [3.8, 4) is 0 Å². The maximum absolute atomic E-state index is 12.1. The van der Waals surface area contributed by atoms with Gasteiger partial charge in [-0.05, 0) is 30.0 Å². The molecule has 2 N–H and O–H groups in total. The van der Waals surface area contributed by atoms with Gasteiger partial charge in [-0.3, -0.25) is 9.59 Å². The summed E-state index contributed by atoms with van der Waals surface area (Å²) in [6.45, 7) is 10.1. The van der Waals surface area contributed by atoms with E-state index in [0.717, 1.165) is 11.3 Å². The summed E-state index contributed by atoms with van der Waals surface area (Å²) in [5, 5.41) is 5.32. The SMILES string of the molecule is Cc1nc(C)c(CNC(=O)CNC(=O)c2ccc(C(C)(C)C)cc2)o1. The third-order valence-corrected chi connectivity index (χ3v) is 3.87. The second-order valence-electron chi connectivity index (χ2n) is 7.03. The predicted molar refractivity (Wildman–Crippen MR) is 95.3 cm³/mol. The van der Waals surface area contributed by atoms with Crippen LogP contribution in [-0.2, 0) is 16.8 Å². The van der Waals surface area contributed by atoms with Crippen LogP contribution in [0.3, 0.4) is 0 Å². The van der Waals surface area contributed by atoms with Gasteiger partial charge in [-0.2, -0.15) is 0 Å². The van der Waals surface area contributed by atoms with E-state index in [1.54, 1.807) is 19.1 Å². The number of aryl methyl sites for hydroxylation is 2. The van der Waals surface area contributed by atoms with Crippen molar-refractivity contribution in [2.24, 2.45) is 0 Å². The molecule has 0 saturated heterocycles. The van der Waals surface area contributed by atoms with Gasteiger partial charge in [-0.15, -0.1) is 0 Å². The van der Waals surface area contributed by atoms with Crippen LogP contribution >= 0.6 is 0 Å². The number of oxazole rings is 1. The molecule has 0 aliphatic carbocycles. The summed E-state index contributed by atoms with van der Waals surface area (Å²) < 4.78 is 5.39. The number of amides is 2. The number of nitrogens with one attached hydrogen (secondary N) is 2. The highest BCUT2D eigenvalue weighted by atomic mass is 16.4. The van der Waals surface area contributed by atoms with E-state index in [9.17, 15) is 9.59 Å². The topological polar surface area (TPSA) is 84.2 Å². The van der Waals surface area contributed by atoms with E-state index in [1.165, 1.54) is 0 Å². The molecule has 0 saturated carbocycles. The molecular weight excluding hydrogens is 318 g/mol. The lowest BCUT2D eigenvalue weighted by molar-refractivity contribution is -0.120. The number of benzene rings is 1. The highest BCUT2D eigenvalue weighted by Gasteiger charge is 2.15. The molecule has 6 heteroatoms. The lowest BCUT2D eigenvalue weighted by Gasteiger charge is -2.19. The lowest BCUT2D eigenvalue weighted by atomic mass is 9.87. The van der Waals surface area contributed by atoms with Crippen LogP contribution in [0.5, 0.6) is 0 Å². The minimum absolute atomic E-state index is 0.0338. The third-order valence-electron chi connectivity index (χ3n) is 3.87. The normalized spacial score (nSPS) is 11.2. The van der Waals surface area contributed by atoms with E-state index < -0.39 is 0 Å². The number of carbonyl (C=O) groups excluding carboxylic acids is 2. The van der Waals surface area contributed by atoms with Gasteiger partial charge in [0.1, 0.15) is 5.76 Å². The first-order valence-corrected chi connectivity index (χ1v) is 8.25. The lowest BCUT2D eigenvalue weighted by Crippen LogP contribution is -2.36. The fourth-order valence-corrected chi connectivity index (χ4v) is 2.36. The van der Waals surface area contributed by atoms with Crippen LogP contribution < -0.4 is 10.6 Å². The average molecular weight is 343 g/mol. The second-order valence-corrected chi connectivity index (χ2v) is 7.03. The molecule has 0 unspecified atom stereocenters. The Bertz CT molecular complexity index is 755. The van der Waals surface area contributed by atoms with Crippen LogP contribution in [0.25, 0.3) is 0 Å². The van der Waals surface area contributed by atoms with Crippen LogP contribution in [0.4, 0.5) is 0 Å². The number of hydrogen-bond acceptors (Lipinski definition) is 4. The van der Waals surface area contributed by atoms with Gasteiger partial charge in [-0.25, -0.2) is 4.98 Å². The van der Waals surface area contributed by atoms with Crippen molar-refractivity contribution in [1.82, 2.24) is 15.6 Å². The maximum Gasteiger partial charge on any atom is 0.251 e. The van der Waals surface area contributed by atoms with Crippen LogP contribution in [0.1, 0.15) is 54.0 Å². The van der Waals surface area contributed by atoms with Gasteiger partial charge in [0.2, 0.25) is 5.91 Å². The fourth-order valence-electron chi connectivity index (χ4n) is 2.36. The number of rotatable bonds is 5. The van der Waals surface area contributed by atoms with Crippen molar-refractivity contribution < 1.29 is 14.0 Å². The molecule has 1 aromatic carbocycles. The molecule has 1 heterocycles. The van der Waals surface area contributed by atoms with Crippen LogP contribution in [-0.4, -0.2) is 23.3 Å². The molecule has 0 aliphatic rings. The Labute approximate surface area is 148 Å². The first-order chi connectivity index (χ1) is 11.7. The minimum Gasteiger partial charge on any atom is -0.444 e. The highest BCUT2D eigenvalue weighted by molar-refractivity contribution is 5.96. The van der Waals surface area contributed by atoms with Gasteiger partial charge in [0.15, 0.2) is 5.89 Å². The standard InChI is InChI=1S/C19H25N3O3/c1-12-16(25-13(2)22-12)10-20-17(23)11-21-18(24)14-6-8-15(9-7-14)19(3,4)5/h6-9H,10-11H2,1-5H3,(H,20,23)(H,21,24). The average Bonchev–Trinajstić information content (AvgIpc) is 2.87. The Morgan fingerprint density at radius 2 is 1.72 bits per heavy atom. The van der Waals surface area contributed by atoms with Gasteiger partial charge in [0, 0.05) is 12.5 Å². The van der Waals surface area contributed by atoms with Gasteiger partial charge >= 0.3 is 0 Å². The van der Waals surface area contributed by atoms with Gasteiger partial charge in [0.05, 0.1) is 18.8 Å². The molecule has 0 aliphatic heterocycles. The zero-order valence-electron chi connectivity index (χ0n) is 15.4. The highest BCUT2D eigenvalue weighted by Crippen LogP contribution is 2.22. The van der Waals surface area contributed by atoms with Crippen molar-refractivity contribution in [3.63, 3.8) is 0 Å². The first-order valence-electron chi connectivity index (χ1n) is 8.25. The Hall–Kier alpha value is -2.63. The minimum atomic E-state index is -0.284. The van der Waals surface area contributed by atoms with Gasteiger partial charge < -0.3 is 15.1 Å². The molecule has 6 nitrogen and oxygen atoms in total. The summed E-state index contributed by atoms with van der Waals surface area (Å²) in [4.78, 5) is 28.1. The number of aromatic nitrogens is 1. The summed E-state index contributed by atoms with van der Waals surface area (Å²) in [7, 11) is 0. The van der Waals surface area contributed by atoms with E-state index in [4.69, 9.17) is 4.42 Å². The number of nitrogens with zero attached hydrogens (tertiary/aromatic N) is 1. The van der Waals surface area contributed by atoms with Gasteiger partial charge in [-0.1, -0.05) is 32.9 Å². The number of carbonyl (C=O) groups is 2. The summed E-state index contributed by atoms with van der Waals surface area (Å²) in [6.07, 6.45) is 0. The van der Waals surface area contributed by atoms with Crippen molar-refractivity contribution in [1.29, 1.82) is 0 Å². The van der Waals surface area contributed by atoms with Crippen molar-refractivity contribution in [2.45, 2.75) is 46.6 Å². The first kappa shape index (κ1) is 18.7. The van der Waals surface area contributed by atoms with E-state index >= 15 is 0 Å². The molecule has 0 radical (unpaired) electrons. The Morgan fingerprint density at radius 1 is 1.08 bits per heavy atom. The van der Waals surface area contributed by atoms with E-state index in [1.807, 2.05) is 19.1 Å². The van der Waals surface area contributed by atoms with Crippen LogP contribution in [0, 0.1) is 13.8 Å². The monoisotopic (exact) mass is 343 g/mol. The third kappa shape index (κ3) is 5.17. The largest absolute Gasteiger partial charge is 0.444 e. The summed E-state index contributed by atoms with van der Waals surface area (Å²) in [5.74, 6) is 0.624. The molecule has 1 aromatic heterocycles. The quantitative estimate of drug-likeness (QED) is 0.874. The predicted octanol–water partition coefficient (Wildman–Crippen LogP) is 2.64. The molecule has 0 spiro atoms. The van der Waals surface area contributed by atoms with E-state index in [2.05, 4.69) is 36.4 Å². The molecule has 0 fully saturated rings. The van der Waals surface area contributed by atoms with E-state index in [0.29, 0.717) is 17.2 Å². The molecular formula is C19H25N3O3. The maximum atomic E-state index is 12.1. The van der Waals surface area contributed by atoms with Crippen molar-refractivity contribution in [2.75, 3.05) is 6.54 Å². The molecule has 2 aromatic rings. The smallest absolute Gasteiger partial charge is 0.251 e. The summed E-state index contributed by atoms with van der Waals surface area (Å²) >= 11 is 0. The Morgan fingerprint density at radius 3 is 2.24 bits per heavy atom. The van der Waals surface area contributed by atoms with Crippen molar-refractivity contribution >= 4 is 11.8 Å². The Kier molecular flexibility index (Phi) is 5.62. The van der Waals surface area contributed by atoms with Crippen LogP contribution in [0.15, 0.2) is 28.7 Å². The molecule has 25 heavy (non-hydrogen) atoms. The number of hydrogen-bond donors (Lipinski definition) is 2. The van der Waals surface area contributed by atoms with E-state index in [-0.39, 0.29) is 30.3 Å². The molecule has 134 valence electrons. The van der Waals surface area contributed by atoms with Crippen LogP contribution in [0.2, 0.25) is 0 Å². The Balaban J connectivity index is 1.83. The molecule has 0 bridgehead atoms. The summed E-state index contributed by atoms with van der Waals surface area (Å²) in [6, 6.07) is 7.41. The second kappa shape index (κ2) is 7.51. The zero-order chi connectivity index (χ0) is 18.6. The fraction of sp³-hybridized carbons (Fsp3) is 0.421. The van der Waals surface area contributed by atoms with Crippen molar-refractivity contribution in [3.05, 3.63) is 52.7 Å². The zero-order valence-corrected chi connectivity index (χ0v) is 15.4. The molecule has 2 amide bonds.